The molecule has 1 heterocycles. The van der Waals surface area contributed by atoms with E-state index in [2.05, 4.69) is 11.9 Å². The van der Waals surface area contributed by atoms with Crippen LogP contribution in [0, 0.1) is 11.6 Å². The fraction of sp³-hybridized carbons (Fsp3) is 0.118. The summed E-state index contributed by atoms with van der Waals surface area (Å²) in [7, 11) is 0. The molecule has 5 heteroatoms. The van der Waals surface area contributed by atoms with Gasteiger partial charge in [-0.25, -0.2) is 8.78 Å². The van der Waals surface area contributed by atoms with Gasteiger partial charge in [-0.2, -0.15) is 0 Å². The minimum Gasteiger partial charge on any atom is -0.368 e. The van der Waals surface area contributed by atoms with E-state index in [1.807, 2.05) is 30.3 Å². The summed E-state index contributed by atoms with van der Waals surface area (Å²) >= 11 is 0. The maximum atomic E-state index is 13.5. The van der Waals surface area contributed by atoms with Gasteiger partial charge in [-0.05, 0) is 5.56 Å². The molecule has 0 bridgehead atoms. The Bertz CT molecular complexity index is 731. The highest BCUT2D eigenvalue weighted by atomic mass is 19.2. The Morgan fingerprint density at radius 3 is 2.55 bits per heavy atom. The number of carbonyl (C=O) groups is 1. The van der Waals surface area contributed by atoms with Crippen LogP contribution in [-0.4, -0.2) is 12.5 Å². The number of nitrogens with zero attached hydrogens (tertiary/aromatic N) is 1. The van der Waals surface area contributed by atoms with Crippen molar-refractivity contribution < 1.29 is 13.6 Å². The van der Waals surface area contributed by atoms with E-state index >= 15 is 0 Å². The van der Waals surface area contributed by atoms with Crippen molar-refractivity contribution in [2.75, 3.05) is 16.8 Å². The first-order valence-corrected chi connectivity index (χ1v) is 6.84. The lowest BCUT2D eigenvalue weighted by atomic mass is 10.0. The Morgan fingerprint density at radius 1 is 1.18 bits per heavy atom. The molecule has 0 saturated heterocycles. The molecule has 1 N–H and O–H groups in total. The second-order valence-electron chi connectivity index (χ2n) is 5.01. The summed E-state index contributed by atoms with van der Waals surface area (Å²) in [4.78, 5) is 14.1. The Morgan fingerprint density at radius 2 is 1.86 bits per heavy atom. The molecule has 112 valence electrons. The van der Waals surface area contributed by atoms with Crippen molar-refractivity contribution in [2.45, 2.75) is 6.04 Å². The summed E-state index contributed by atoms with van der Waals surface area (Å²) in [6, 6.07) is 10.6. The number of hydrogen-bond donors (Lipinski definition) is 1. The molecule has 1 amide bonds. The molecule has 0 spiro atoms. The highest BCUT2D eigenvalue weighted by Crippen LogP contribution is 2.37. The van der Waals surface area contributed by atoms with Crippen LogP contribution >= 0.6 is 0 Å². The molecule has 22 heavy (non-hydrogen) atoms. The van der Waals surface area contributed by atoms with Crippen LogP contribution in [0.2, 0.25) is 0 Å². The molecule has 1 unspecified atom stereocenters. The maximum Gasteiger partial charge on any atom is 0.254 e. The molecule has 0 saturated carbocycles. The van der Waals surface area contributed by atoms with Crippen molar-refractivity contribution in [3.63, 3.8) is 0 Å². The van der Waals surface area contributed by atoms with Gasteiger partial charge in [0, 0.05) is 18.7 Å². The van der Waals surface area contributed by atoms with Crippen molar-refractivity contribution in [2.24, 2.45) is 0 Å². The van der Waals surface area contributed by atoms with Crippen molar-refractivity contribution in [3.05, 3.63) is 72.3 Å². The zero-order chi connectivity index (χ0) is 15.7. The van der Waals surface area contributed by atoms with Crippen LogP contribution in [0.1, 0.15) is 11.6 Å². The van der Waals surface area contributed by atoms with Crippen molar-refractivity contribution >= 4 is 17.3 Å². The monoisotopic (exact) mass is 300 g/mol. The van der Waals surface area contributed by atoms with E-state index < -0.39 is 17.7 Å². The Labute approximate surface area is 126 Å². The summed E-state index contributed by atoms with van der Waals surface area (Å²) in [5.74, 6) is -2.17. The van der Waals surface area contributed by atoms with Crippen LogP contribution in [-0.2, 0) is 4.79 Å². The molecule has 2 aromatic carbocycles. The molecule has 0 aliphatic carbocycles. The summed E-state index contributed by atoms with van der Waals surface area (Å²) in [5.41, 5.74) is 1.46. The predicted octanol–water partition coefficient (Wildman–Crippen LogP) is 3.65. The third kappa shape index (κ3) is 2.35. The van der Waals surface area contributed by atoms with Crippen LogP contribution < -0.4 is 10.2 Å². The molecule has 1 aliphatic rings. The zero-order valence-corrected chi connectivity index (χ0v) is 11.7. The van der Waals surface area contributed by atoms with Crippen molar-refractivity contribution in [1.29, 1.82) is 0 Å². The molecular weight excluding hydrogens is 286 g/mol. The Hall–Kier alpha value is -2.69. The molecule has 3 nitrogen and oxygen atoms in total. The van der Waals surface area contributed by atoms with E-state index in [0.717, 1.165) is 17.7 Å². The number of anilines is 2. The lowest BCUT2D eigenvalue weighted by Crippen LogP contribution is -2.42. The van der Waals surface area contributed by atoms with Gasteiger partial charge in [0.1, 0.15) is 6.04 Å². The average Bonchev–Trinajstić information content (AvgIpc) is 2.53. The van der Waals surface area contributed by atoms with E-state index in [1.54, 1.807) is 6.08 Å². The summed E-state index contributed by atoms with van der Waals surface area (Å²) in [5, 5.41) is 2.99. The number of fused-ring (bicyclic) bond motifs is 1. The second-order valence-corrected chi connectivity index (χ2v) is 5.01. The lowest BCUT2D eigenvalue weighted by Gasteiger charge is -2.35. The van der Waals surface area contributed by atoms with Gasteiger partial charge in [-0.1, -0.05) is 36.4 Å². The molecule has 1 aliphatic heterocycles. The molecule has 2 aromatic rings. The number of benzene rings is 2. The first-order valence-electron chi connectivity index (χ1n) is 6.84. The number of amides is 1. The van der Waals surface area contributed by atoms with Crippen LogP contribution in [0.15, 0.2) is 55.1 Å². The minimum absolute atomic E-state index is 0.224. The van der Waals surface area contributed by atoms with E-state index in [0.29, 0.717) is 11.4 Å². The van der Waals surface area contributed by atoms with Gasteiger partial charge in [0.2, 0.25) is 0 Å². The quantitative estimate of drug-likeness (QED) is 0.878. The fourth-order valence-electron chi connectivity index (χ4n) is 2.56. The zero-order valence-electron chi connectivity index (χ0n) is 11.7. The first-order chi connectivity index (χ1) is 10.6. The number of nitrogens with one attached hydrogen (secondary N) is 1. The van der Waals surface area contributed by atoms with Crippen molar-refractivity contribution in [3.8, 4) is 0 Å². The highest BCUT2D eigenvalue weighted by molar-refractivity contribution is 6.05. The third-order valence-corrected chi connectivity index (χ3v) is 3.59. The molecule has 3 rings (SSSR count). The normalized spacial score (nSPS) is 16.9. The number of carbonyl (C=O) groups excluding carboxylic acids is 1. The SMILES string of the molecule is C=CCN1C(=O)C(c2ccccc2)Nc2cc(F)c(F)cc21. The van der Waals surface area contributed by atoms with Gasteiger partial charge in [-0.3, -0.25) is 4.79 Å². The molecule has 0 fully saturated rings. The lowest BCUT2D eigenvalue weighted by molar-refractivity contribution is -0.119. The highest BCUT2D eigenvalue weighted by Gasteiger charge is 2.33. The van der Waals surface area contributed by atoms with Gasteiger partial charge in [0.05, 0.1) is 11.4 Å². The average molecular weight is 300 g/mol. The first kappa shape index (κ1) is 14.3. The second kappa shape index (κ2) is 5.60. The Balaban J connectivity index is 2.10. The standard InChI is InChI=1S/C17H14F2N2O/c1-2-8-21-15-10-13(19)12(18)9-14(15)20-16(17(21)22)11-6-4-3-5-7-11/h2-7,9-10,16,20H,1,8H2. The van der Waals surface area contributed by atoms with Crippen molar-refractivity contribution in [1.82, 2.24) is 0 Å². The molecule has 1 atom stereocenters. The largest absolute Gasteiger partial charge is 0.368 e. The minimum atomic E-state index is -0.986. The number of rotatable bonds is 3. The number of halogens is 2. The van der Waals surface area contributed by atoms with E-state index in [1.165, 1.54) is 4.90 Å². The topological polar surface area (TPSA) is 32.3 Å². The van der Waals surface area contributed by atoms with Gasteiger partial charge in [-0.15, -0.1) is 6.58 Å². The smallest absolute Gasteiger partial charge is 0.254 e. The predicted molar refractivity (Wildman–Crippen MR) is 81.7 cm³/mol. The van der Waals surface area contributed by atoms with Gasteiger partial charge in [0.15, 0.2) is 11.6 Å². The van der Waals surface area contributed by atoms with Gasteiger partial charge >= 0.3 is 0 Å². The van der Waals surface area contributed by atoms with Gasteiger partial charge < -0.3 is 10.2 Å². The molecule has 0 aromatic heterocycles. The number of hydrogen-bond acceptors (Lipinski definition) is 2. The summed E-state index contributed by atoms with van der Waals surface area (Å²) in [6.07, 6.45) is 1.55. The van der Waals surface area contributed by atoms with Crippen LogP contribution in [0.25, 0.3) is 0 Å². The van der Waals surface area contributed by atoms with Crippen LogP contribution in [0.5, 0.6) is 0 Å². The van der Waals surface area contributed by atoms with E-state index in [9.17, 15) is 13.6 Å². The summed E-state index contributed by atoms with van der Waals surface area (Å²) < 4.78 is 27.0. The molecular formula is C17H14F2N2O. The Kier molecular flexibility index (Phi) is 3.63. The van der Waals surface area contributed by atoms with E-state index in [-0.39, 0.29) is 12.5 Å². The third-order valence-electron chi connectivity index (χ3n) is 3.59. The summed E-state index contributed by atoms with van der Waals surface area (Å²) in [6.45, 7) is 3.84. The van der Waals surface area contributed by atoms with Crippen LogP contribution in [0.3, 0.4) is 0 Å². The molecule has 0 radical (unpaired) electrons. The van der Waals surface area contributed by atoms with Crippen LogP contribution in [0.4, 0.5) is 20.2 Å². The van der Waals surface area contributed by atoms with E-state index in [4.69, 9.17) is 0 Å². The maximum absolute atomic E-state index is 13.5. The van der Waals surface area contributed by atoms with Gasteiger partial charge in [0.25, 0.3) is 5.91 Å². The fourth-order valence-corrected chi connectivity index (χ4v) is 2.56.